The van der Waals surface area contributed by atoms with Crippen molar-refractivity contribution in [3.63, 3.8) is 0 Å². The van der Waals surface area contributed by atoms with Gasteiger partial charge < -0.3 is 0 Å². The second-order valence-corrected chi connectivity index (χ2v) is 11.6. The Labute approximate surface area is 244 Å². The molecule has 0 bridgehead atoms. The smallest absolute Gasteiger partial charge is 0.00264 e. The summed E-state index contributed by atoms with van der Waals surface area (Å²) in [7, 11) is 0. The minimum Gasteiger partial charge on any atom is -0.0616 e. The Morgan fingerprint density at radius 3 is 1.36 bits per heavy atom. The topological polar surface area (TPSA) is 0 Å². The summed E-state index contributed by atoms with van der Waals surface area (Å²) in [5, 5.41) is 7.91. The molecule has 0 heteroatoms. The molecule has 2 aliphatic rings. The van der Waals surface area contributed by atoms with Crippen molar-refractivity contribution in [3.05, 3.63) is 146 Å². The molecule has 0 fully saturated rings. The first-order chi connectivity index (χ1) is 20.8. The van der Waals surface area contributed by atoms with Gasteiger partial charge in [0.15, 0.2) is 0 Å². The maximum absolute atomic E-state index is 2.43. The summed E-state index contributed by atoms with van der Waals surface area (Å²) in [5.41, 5.74) is 15.8. The molecule has 0 atom stereocenters. The van der Waals surface area contributed by atoms with E-state index in [1.807, 2.05) is 0 Å². The van der Waals surface area contributed by atoms with E-state index >= 15 is 0 Å². The van der Waals surface area contributed by atoms with Crippen molar-refractivity contribution in [2.75, 3.05) is 0 Å². The third-order valence-corrected chi connectivity index (χ3v) is 9.54. The fraction of sp³-hybridized carbons (Fsp3) is 0. The molecule has 0 N–H and O–H groups in total. The summed E-state index contributed by atoms with van der Waals surface area (Å²) in [5.74, 6) is 0. The number of fused-ring (bicyclic) bond motifs is 7. The van der Waals surface area contributed by atoms with Crippen molar-refractivity contribution < 1.29 is 0 Å². The largest absolute Gasteiger partial charge is 0.0616 e. The SMILES string of the molecule is c1ccc2c(-c3ccc4c(c3)-c3cccc5cccc-4c35)c(-c3ccc4c(c3)-c3cccc5cccc-4c35)ccc2c1. The molecule has 0 nitrogen and oxygen atoms in total. The van der Waals surface area contributed by atoms with Crippen LogP contribution in [0.15, 0.2) is 146 Å². The van der Waals surface area contributed by atoms with Crippen LogP contribution in [-0.2, 0) is 0 Å². The molecule has 0 heterocycles. The highest BCUT2D eigenvalue weighted by molar-refractivity contribution is 6.18. The van der Waals surface area contributed by atoms with E-state index in [0.717, 1.165) is 0 Å². The molecular formula is C42H24. The van der Waals surface area contributed by atoms with Crippen molar-refractivity contribution in [1.82, 2.24) is 0 Å². The molecule has 0 amide bonds. The molecule has 0 aromatic heterocycles. The summed E-state index contributed by atoms with van der Waals surface area (Å²) < 4.78 is 0. The molecular weight excluding hydrogens is 504 g/mol. The number of rotatable bonds is 2. The predicted octanol–water partition coefficient (Wildman–Crippen LogP) is 11.8. The fourth-order valence-electron chi connectivity index (χ4n) is 7.73. The lowest BCUT2D eigenvalue weighted by atomic mass is 9.87. The van der Waals surface area contributed by atoms with E-state index in [4.69, 9.17) is 0 Å². The van der Waals surface area contributed by atoms with Crippen molar-refractivity contribution in [3.8, 4) is 66.8 Å². The molecule has 192 valence electrons. The van der Waals surface area contributed by atoms with Crippen LogP contribution in [0, 0.1) is 0 Å². The molecule has 8 aromatic carbocycles. The monoisotopic (exact) mass is 528 g/mol. The van der Waals surface area contributed by atoms with Crippen LogP contribution < -0.4 is 0 Å². The van der Waals surface area contributed by atoms with Gasteiger partial charge in [0.1, 0.15) is 0 Å². The lowest BCUT2D eigenvalue weighted by molar-refractivity contribution is 1.61. The molecule has 10 rings (SSSR count). The van der Waals surface area contributed by atoms with Gasteiger partial charge in [-0.1, -0.05) is 133 Å². The van der Waals surface area contributed by atoms with Crippen LogP contribution in [0.4, 0.5) is 0 Å². The van der Waals surface area contributed by atoms with Crippen LogP contribution in [-0.4, -0.2) is 0 Å². The predicted molar refractivity (Wildman–Crippen MR) is 179 cm³/mol. The highest BCUT2D eigenvalue weighted by atomic mass is 14.3. The first kappa shape index (κ1) is 22.3. The van der Waals surface area contributed by atoms with Gasteiger partial charge in [0.05, 0.1) is 0 Å². The molecule has 0 spiro atoms. The fourth-order valence-corrected chi connectivity index (χ4v) is 7.73. The highest BCUT2D eigenvalue weighted by Crippen LogP contribution is 2.51. The van der Waals surface area contributed by atoms with Gasteiger partial charge in [0.2, 0.25) is 0 Å². The number of hydrogen-bond acceptors (Lipinski definition) is 0. The first-order valence-electron chi connectivity index (χ1n) is 14.7. The van der Waals surface area contributed by atoms with Crippen molar-refractivity contribution in [1.29, 1.82) is 0 Å². The van der Waals surface area contributed by atoms with Gasteiger partial charge in [-0.15, -0.1) is 0 Å². The maximum atomic E-state index is 2.43. The zero-order valence-electron chi connectivity index (χ0n) is 22.9. The maximum Gasteiger partial charge on any atom is -0.00264 e. The van der Waals surface area contributed by atoms with Crippen LogP contribution >= 0.6 is 0 Å². The third kappa shape index (κ3) is 2.86. The van der Waals surface area contributed by atoms with Crippen molar-refractivity contribution in [2.45, 2.75) is 0 Å². The summed E-state index contributed by atoms with van der Waals surface area (Å²) in [4.78, 5) is 0. The van der Waals surface area contributed by atoms with Gasteiger partial charge in [-0.25, -0.2) is 0 Å². The molecule has 42 heavy (non-hydrogen) atoms. The standard InChI is InChI=1S/C42H24/c1-2-12-30-25(7-1)17-20-31(28-18-21-32-34-13-3-8-26-10-5-15-36(40(26)34)38(32)23-28)42(30)29-19-22-33-35-14-4-9-27-11-6-16-37(41(27)35)39(33)24-29/h1-24H. The van der Waals surface area contributed by atoms with E-state index < -0.39 is 0 Å². The number of benzene rings is 8. The quantitative estimate of drug-likeness (QED) is 0.209. The third-order valence-electron chi connectivity index (χ3n) is 9.54. The lowest BCUT2D eigenvalue weighted by Crippen LogP contribution is -1.90. The van der Waals surface area contributed by atoms with Gasteiger partial charge in [-0.3, -0.25) is 0 Å². The Kier molecular flexibility index (Phi) is 4.27. The molecule has 0 radical (unpaired) electrons. The van der Waals surface area contributed by atoms with E-state index in [1.54, 1.807) is 0 Å². The van der Waals surface area contributed by atoms with Crippen LogP contribution in [0.3, 0.4) is 0 Å². The summed E-state index contributed by atoms with van der Waals surface area (Å²) in [6.07, 6.45) is 0. The second kappa shape index (κ2) is 8.06. The Morgan fingerprint density at radius 2 is 0.738 bits per heavy atom. The van der Waals surface area contributed by atoms with Crippen LogP contribution in [0.25, 0.3) is 99.1 Å². The Bertz CT molecular complexity index is 2450. The van der Waals surface area contributed by atoms with E-state index in [1.165, 1.54) is 99.1 Å². The van der Waals surface area contributed by atoms with Gasteiger partial charge in [-0.2, -0.15) is 0 Å². The minimum atomic E-state index is 1.25. The van der Waals surface area contributed by atoms with Crippen molar-refractivity contribution >= 4 is 32.3 Å². The van der Waals surface area contributed by atoms with Gasteiger partial charge in [0.25, 0.3) is 0 Å². The average Bonchev–Trinajstić information content (AvgIpc) is 3.55. The van der Waals surface area contributed by atoms with E-state index in [-0.39, 0.29) is 0 Å². The molecule has 0 unspecified atom stereocenters. The van der Waals surface area contributed by atoms with Crippen molar-refractivity contribution in [2.24, 2.45) is 0 Å². The summed E-state index contributed by atoms with van der Waals surface area (Å²) >= 11 is 0. The van der Waals surface area contributed by atoms with Crippen LogP contribution in [0.2, 0.25) is 0 Å². The Balaban J connectivity index is 1.23. The molecule has 8 aromatic rings. The van der Waals surface area contributed by atoms with E-state index in [0.29, 0.717) is 0 Å². The number of hydrogen-bond donors (Lipinski definition) is 0. The zero-order valence-corrected chi connectivity index (χ0v) is 22.9. The molecule has 0 aliphatic heterocycles. The molecule has 2 aliphatic carbocycles. The first-order valence-corrected chi connectivity index (χ1v) is 14.7. The summed E-state index contributed by atoms with van der Waals surface area (Å²) in [6, 6.07) is 54.3. The Hall–Kier alpha value is -5.46. The molecule has 0 saturated carbocycles. The van der Waals surface area contributed by atoms with E-state index in [2.05, 4.69) is 146 Å². The second-order valence-electron chi connectivity index (χ2n) is 11.6. The average molecular weight is 529 g/mol. The van der Waals surface area contributed by atoms with Gasteiger partial charge in [-0.05, 0) is 111 Å². The normalized spacial score (nSPS) is 12.3. The summed E-state index contributed by atoms with van der Waals surface area (Å²) in [6.45, 7) is 0. The highest BCUT2D eigenvalue weighted by Gasteiger charge is 2.24. The lowest BCUT2D eigenvalue weighted by Gasteiger charge is -2.16. The zero-order chi connectivity index (χ0) is 27.4. The Morgan fingerprint density at radius 1 is 0.262 bits per heavy atom. The van der Waals surface area contributed by atoms with Crippen LogP contribution in [0.5, 0.6) is 0 Å². The van der Waals surface area contributed by atoms with Gasteiger partial charge >= 0.3 is 0 Å². The van der Waals surface area contributed by atoms with E-state index in [9.17, 15) is 0 Å². The van der Waals surface area contributed by atoms with Gasteiger partial charge in [0, 0.05) is 0 Å². The minimum absolute atomic E-state index is 1.25. The van der Waals surface area contributed by atoms with Crippen LogP contribution in [0.1, 0.15) is 0 Å². The molecule has 0 saturated heterocycles.